The minimum absolute atomic E-state index is 0.0142. The first kappa shape index (κ1) is 20.7. The van der Waals surface area contributed by atoms with Crippen LogP contribution in [-0.2, 0) is 17.6 Å². The van der Waals surface area contributed by atoms with E-state index in [4.69, 9.17) is 5.73 Å². The van der Waals surface area contributed by atoms with E-state index >= 15 is 0 Å². The van der Waals surface area contributed by atoms with Crippen LogP contribution in [0.25, 0.3) is 0 Å². The molecule has 4 heteroatoms. The number of benzene rings is 2. The topological polar surface area (TPSA) is 63.3 Å². The van der Waals surface area contributed by atoms with Gasteiger partial charge in [-0.05, 0) is 62.3 Å². The van der Waals surface area contributed by atoms with Crippen molar-refractivity contribution in [2.75, 3.05) is 6.61 Å². The van der Waals surface area contributed by atoms with Gasteiger partial charge in [0.1, 0.15) is 0 Å². The van der Waals surface area contributed by atoms with Crippen LogP contribution in [0.2, 0.25) is 0 Å². The lowest BCUT2D eigenvalue weighted by molar-refractivity contribution is -0.111. The Morgan fingerprint density at radius 1 is 1.00 bits per heavy atom. The van der Waals surface area contributed by atoms with Crippen molar-refractivity contribution in [3.63, 3.8) is 0 Å². The summed E-state index contributed by atoms with van der Waals surface area (Å²) in [5.74, 6) is 0. The maximum Gasteiger partial charge on any atom is 0.193 e. The van der Waals surface area contributed by atoms with Gasteiger partial charge >= 0.3 is 0 Å². The number of unbranched alkanes of at least 4 members (excludes halogenated alkanes) is 1. The molecule has 3 nitrogen and oxygen atoms in total. The molecule has 0 aliphatic carbocycles. The van der Waals surface area contributed by atoms with Gasteiger partial charge in [0, 0.05) is 16.9 Å². The highest BCUT2D eigenvalue weighted by Crippen LogP contribution is 2.23. The van der Waals surface area contributed by atoms with Crippen molar-refractivity contribution >= 4 is 16.9 Å². The molecule has 0 aliphatic heterocycles. The Labute approximate surface area is 161 Å². The van der Waals surface area contributed by atoms with E-state index in [2.05, 4.69) is 24.3 Å². The second-order valence-corrected chi connectivity index (χ2v) is 8.25. The lowest BCUT2D eigenvalue weighted by atomic mass is 9.95. The van der Waals surface area contributed by atoms with Crippen LogP contribution in [0.15, 0.2) is 59.5 Å². The van der Waals surface area contributed by atoms with E-state index < -0.39 is 5.54 Å². The number of nitrogens with two attached hydrogens (primary N) is 1. The predicted octanol–water partition coefficient (Wildman–Crippen LogP) is 4.36. The number of aliphatic hydroxyl groups excluding tert-OH is 1. The van der Waals surface area contributed by atoms with Gasteiger partial charge in [0.15, 0.2) is 5.12 Å². The Kier molecular flexibility index (Phi) is 8.36. The normalized spacial score (nSPS) is 13.3. The van der Waals surface area contributed by atoms with Gasteiger partial charge in [-0.25, -0.2) is 0 Å². The van der Waals surface area contributed by atoms with E-state index in [-0.39, 0.29) is 11.7 Å². The van der Waals surface area contributed by atoms with Crippen molar-refractivity contribution in [1.29, 1.82) is 0 Å². The van der Waals surface area contributed by atoms with E-state index in [0.717, 1.165) is 37.0 Å². The van der Waals surface area contributed by atoms with Gasteiger partial charge in [-0.2, -0.15) is 0 Å². The molecule has 1 atom stereocenters. The number of aryl methyl sites for hydroxylation is 2. The average molecular weight is 372 g/mol. The number of carbonyl (C=O) groups is 1. The van der Waals surface area contributed by atoms with Crippen molar-refractivity contribution < 1.29 is 9.90 Å². The van der Waals surface area contributed by atoms with Gasteiger partial charge < -0.3 is 10.8 Å². The van der Waals surface area contributed by atoms with Crippen LogP contribution in [0.4, 0.5) is 0 Å². The largest absolute Gasteiger partial charge is 0.394 e. The molecule has 140 valence electrons. The summed E-state index contributed by atoms with van der Waals surface area (Å²) in [6, 6.07) is 18.5. The average Bonchev–Trinajstić information content (AvgIpc) is 2.66. The Hall–Kier alpha value is -1.62. The summed E-state index contributed by atoms with van der Waals surface area (Å²) in [7, 11) is 0. The van der Waals surface area contributed by atoms with Gasteiger partial charge in [0.25, 0.3) is 0 Å². The molecule has 0 bridgehead atoms. The lowest BCUT2D eigenvalue weighted by Crippen LogP contribution is -2.40. The molecule has 0 aromatic heterocycles. The van der Waals surface area contributed by atoms with Gasteiger partial charge in [0.2, 0.25) is 0 Å². The molecule has 2 aromatic rings. The van der Waals surface area contributed by atoms with Crippen molar-refractivity contribution in [3.05, 3.63) is 65.7 Å². The minimum atomic E-state index is -0.539. The monoisotopic (exact) mass is 371 g/mol. The SMILES string of the molecule is CC(N)(CO)CCc1ccc(SC(=O)CCCCc2ccccc2)cc1. The molecule has 0 heterocycles. The highest BCUT2D eigenvalue weighted by atomic mass is 32.2. The number of carbonyl (C=O) groups excluding carboxylic acids is 1. The molecule has 0 amide bonds. The van der Waals surface area contributed by atoms with Crippen LogP contribution in [0.3, 0.4) is 0 Å². The third-order valence-electron chi connectivity index (χ3n) is 4.44. The van der Waals surface area contributed by atoms with Gasteiger partial charge in [-0.1, -0.05) is 54.2 Å². The molecule has 0 saturated carbocycles. The molecule has 0 aliphatic rings. The predicted molar refractivity (Wildman–Crippen MR) is 109 cm³/mol. The minimum Gasteiger partial charge on any atom is -0.394 e. The second-order valence-electron chi connectivity index (χ2n) is 7.12. The number of hydrogen-bond acceptors (Lipinski definition) is 4. The number of thioether (sulfide) groups is 1. The summed E-state index contributed by atoms with van der Waals surface area (Å²) in [6.07, 6.45) is 5.16. The molecule has 0 fully saturated rings. The second kappa shape index (κ2) is 10.5. The van der Waals surface area contributed by atoms with Crippen LogP contribution >= 0.6 is 11.8 Å². The molecular weight excluding hydrogens is 342 g/mol. The fraction of sp³-hybridized carbons (Fsp3) is 0.409. The molecule has 0 saturated heterocycles. The zero-order valence-electron chi connectivity index (χ0n) is 15.5. The lowest BCUT2D eigenvalue weighted by Gasteiger charge is -2.21. The summed E-state index contributed by atoms with van der Waals surface area (Å²) >= 11 is 1.32. The molecular formula is C22H29NO2S. The van der Waals surface area contributed by atoms with E-state index in [0.29, 0.717) is 6.42 Å². The molecule has 2 aromatic carbocycles. The molecule has 3 N–H and O–H groups in total. The zero-order chi connectivity index (χ0) is 18.8. The van der Waals surface area contributed by atoms with Crippen LogP contribution < -0.4 is 5.73 Å². The Balaban J connectivity index is 1.68. The van der Waals surface area contributed by atoms with Crippen LogP contribution in [-0.4, -0.2) is 22.4 Å². The summed E-state index contributed by atoms with van der Waals surface area (Å²) in [4.78, 5) is 13.1. The maximum atomic E-state index is 12.1. The third kappa shape index (κ3) is 7.73. The highest BCUT2D eigenvalue weighted by molar-refractivity contribution is 8.13. The van der Waals surface area contributed by atoms with Crippen molar-refractivity contribution in [2.24, 2.45) is 5.73 Å². The van der Waals surface area contributed by atoms with E-state index in [1.54, 1.807) is 0 Å². The fourth-order valence-electron chi connectivity index (χ4n) is 2.66. The van der Waals surface area contributed by atoms with Crippen molar-refractivity contribution in [3.8, 4) is 0 Å². The van der Waals surface area contributed by atoms with Crippen LogP contribution in [0, 0.1) is 0 Å². The third-order valence-corrected chi connectivity index (χ3v) is 5.38. The first-order chi connectivity index (χ1) is 12.5. The van der Waals surface area contributed by atoms with Gasteiger partial charge in [-0.15, -0.1) is 0 Å². The first-order valence-corrected chi connectivity index (χ1v) is 10.0. The van der Waals surface area contributed by atoms with Crippen LogP contribution in [0.1, 0.15) is 43.7 Å². The zero-order valence-corrected chi connectivity index (χ0v) is 16.3. The Morgan fingerprint density at radius 2 is 1.65 bits per heavy atom. The van der Waals surface area contributed by atoms with Crippen LogP contribution in [0.5, 0.6) is 0 Å². The molecule has 0 spiro atoms. The summed E-state index contributed by atoms with van der Waals surface area (Å²) in [5, 5.41) is 9.43. The first-order valence-electron chi connectivity index (χ1n) is 9.22. The van der Waals surface area contributed by atoms with Crippen molar-refractivity contribution in [1.82, 2.24) is 0 Å². The molecule has 1 unspecified atom stereocenters. The fourth-order valence-corrected chi connectivity index (χ4v) is 3.44. The van der Waals surface area contributed by atoms with Gasteiger partial charge in [0.05, 0.1) is 6.61 Å². The Morgan fingerprint density at radius 3 is 2.31 bits per heavy atom. The molecule has 2 rings (SSSR count). The highest BCUT2D eigenvalue weighted by Gasteiger charge is 2.16. The number of aliphatic hydroxyl groups is 1. The number of hydrogen-bond donors (Lipinski definition) is 2. The smallest absolute Gasteiger partial charge is 0.193 e. The van der Waals surface area contributed by atoms with Gasteiger partial charge in [-0.3, -0.25) is 4.79 Å². The number of rotatable bonds is 10. The van der Waals surface area contributed by atoms with E-state index in [1.165, 1.54) is 22.9 Å². The summed E-state index contributed by atoms with van der Waals surface area (Å²) < 4.78 is 0. The molecule has 0 radical (unpaired) electrons. The summed E-state index contributed by atoms with van der Waals surface area (Å²) in [6.45, 7) is 1.84. The van der Waals surface area contributed by atoms with E-state index in [9.17, 15) is 9.90 Å². The summed E-state index contributed by atoms with van der Waals surface area (Å²) in [5.41, 5.74) is 7.92. The Bertz CT molecular complexity index is 668. The van der Waals surface area contributed by atoms with E-state index in [1.807, 2.05) is 37.3 Å². The van der Waals surface area contributed by atoms with Crippen molar-refractivity contribution in [2.45, 2.75) is 55.9 Å². The quantitative estimate of drug-likeness (QED) is 0.481. The maximum absolute atomic E-state index is 12.1. The molecule has 26 heavy (non-hydrogen) atoms. The standard InChI is InChI=1S/C22H29NO2S/c1-22(23,17-24)16-15-19-11-13-20(14-12-19)26-21(25)10-6-5-9-18-7-3-2-4-8-18/h2-4,7-8,11-14,24H,5-6,9-10,15-17,23H2,1H3.